The van der Waals surface area contributed by atoms with Gasteiger partial charge in [0.05, 0.1) is 12.0 Å². The van der Waals surface area contributed by atoms with Crippen LogP contribution in [0.4, 0.5) is 11.4 Å². The van der Waals surface area contributed by atoms with Gasteiger partial charge in [0, 0.05) is 50.0 Å². The Labute approximate surface area is 142 Å². The summed E-state index contributed by atoms with van der Waals surface area (Å²) in [5, 5.41) is 11.0. The highest BCUT2D eigenvalue weighted by molar-refractivity contribution is 5.59. The number of hydrogen-bond donors (Lipinski definition) is 0. The predicted molar refractivity (Wildman–Crippen MR) is 94.0 cm³/mol. The Balaban J connectivity index is 1.61. The second kappa shape index (κ2) is 7.36. The van der Waals surface area contributed by atoms with Gasteiger partial charge in [-0.2, -0.15) is 0 Å². The van der Waals surface area contributed by atoms with Gasteiger partial charge in [0.25, 0.3) is 0 Å². The van der Waals surface area contributed by atoms with Gasteiger partial charge >= 0.3 is 5.69 Å². The molecule has 1 aromatic rings. The molecule has 0 aliphatic carbocycles. The normalized spacial score (nSPS) is 21.0. The van der Waals surface area contributed by atoms with Gasteiger partial charge in [0.1, 0.15) is 0 Å². The first-order valence-corrected chi connectivity index (χ1v) is 8.58. The summed E-state index contributed by atoms with van der Waals surface area (Å²) in [5.74, 6) is 0.329. The first-order valence-electron chi connectivity index (χ1n) is 8.58. The van der Waals surface area contributed by atoms with Gasteiger partial charge < -0.3 is 14.5 Å². The average molecular weight is 334 g/mol. The van der Waals surface area contributed by atoms with Gasteiger partial charge in [-0.3, -0.25) is 15.0 Å². The van der Waals surface area contributed by atoms with Crippen LogP contribution >= 0.6 is 0 Å². The Bertz CT molecular complexity index is 579. The maximum Gasteiger partial charge on any atom is 0.311 e. The molecule has 1 aromatic carbocycles. The smallest absolute Gasteiger partial charge is 0.311 e. The van der Waals surface area contributed by atoms with E-state index in [0.717, 1.165) is 31.9 Å². The van der Waals surface area contributed by atoms with Crippen LogP contribution in [0.1, 0.15) is 12.8 Å². The Morgan fingerprint density at radius 1 is 1.12 bits per heavy atom. The second-order valence-corrected chi connectivity index (χ2v) is 6.67. The van der Waals surface area contributed by atoms with E-state index in [2.05, 4.69) is 21.7 Å². The standard InChI is InChI=1S/C17H26N4O3/c1-18-7-5-14(6-8-18)19-9-11-20(12-10-19)15-3-4-16(21(22)23)17(13-15)24-2/h3-4,13-14H,5-12H2,1-2H3. The second-order valence-electron chi connectivity index (χ2n) is 6.67. The molecular weight excluding hydrogens is 308 g/mol. The number of likely N-dealkylation sites (tertiary alicyclic amines) is 1. The van der Waals surface area contributed by atoms with Crippen LogP contribution in [0.25, 0.3) is 0 Å². The molecule has 2 aliphatic heterocycles. The van der Waals surface area contributed by atoms with Crippen molar-refractivity contribution in [3.63, 3.8) is 0 Å². The van der Waals surface area contributed by atoms with Crippen LogP contribution < -0.4 is 9.64 Å². The molecule has 3 rings (SSSR count). The van der Waals surface area contributed by atoms with Crippen LogP contribution in [-0.4, -0.2) is 74.2 Å². The van der Waals surface area contributed by atoms with Crippen molar-refractivity contribution < 1.29 is 9.66 Å². The molecule has 0 spiro atoms. The minimum Gasteiger partial charge on any atom is -0.490 e. The monoisotopic (exact) mass is 334 g/mol. The van der Waals surface area contributed by atoms with Crippen molar-refractivity contribution in [2.24, 2.45) is 0 Å². The number of ether oxygens (including phenoxy) is 1. The summed E-state index contributed by atoms with van der Waals surface area (Å²) in [4.78, 5) is 17.9. The molecule has 0 N–H and O–H groups in total. The van der Waals surface area contributed by atoms with Crippen molar-refractivity contribution in [3.8, 4) is 5.75 Å². The van der Waals surface area contributed by atoms with Gasteiger partial charge in [-0.1, -0.05) is 0 Å². The lowest BCUT2D eigenvalue weighted by atomic mass is 10.0. The third-order valence-electron chi connectivity index (χ3n) is 5.24. The highest BCUT2D eigenvalue weighted by Gasteiger charge is 2.27. The molecule has 24 heavy (non-hydrogen) atoms. The van der Waals surface area contributed by atoms with Crippen LogP contribution in [-0.2, 0) is 0 Å². The molecule has 7 heteroatoms. The zero-order valence-corrected chi connectivity index (χ0v) is 14.5. The molecule has 2 heterocycles. The van der Waals surface area contributed by atoms with Gasteiger partial charge in [-0.25, -0.2) is 0 Å². The van der Waals surface area contributed by atoms with Crippen molar-refractivity contribution >= 4 is 11.4 Å². The van der Waals surface area contributed by atoms with E-state index in [1.165, 1.54) is 39.1 Å². The molecule has 0 bridgehead atoms. The van der Waals surface area contributed by atoms with Crippen molar-refractivity contribution in [3.05, 3.63) is 28.3 Å². The lowest BCUT2D eigenvalue weighted by Gasteiger charge is -2.42. The molecule has 0 aromatic heterocycles. The highest BCUT2D eigenvalue weighted by Crippen LogP contribution is 2.32. The number of nitro benzene ring substituents is 1. The van der Waals surface area contributed by atoms with E-state index in [9.17, 15) is 10.1 Å². The molecule has 0 atom stereocenters. The number of methoxy groups -OCH3 is 1. The van der Waals surface area contributed by atoms with Crippen molar-refractivity contribution in [1.82, 2.24) is 9.80 Å². The number of rotatable bonds is 4. The number of piperidine rings is 1. The summed E-state index contributed by atoms with van der Waals surface area (Å²) in [6, 6.07) is 5.85. The fourth-order valence-electron chi connectivity index (χ4n) is 3.72. The zero-order valence-electron chi connectivity index (χ0n) is 14.5. The number of anilines is 1. The molecule has 2 saturated heterocycles. The molecule has 7 nitrogen and oxygen atoms in total. The molecule has 0 unspecified atom stereocenters. The lowest BCUT2D eigenvalue weighted by molar-refractivity contribution is -0.385. The van der Waals surface area contributed by atoms with Crippen LogP contribution in [0, 0.1) is 10.1 Å². The Kier molecular flexibility index (Phi) is 5.20. The third-order valence-corrected chi connectivity index (χ3v) is 5.24. The zero-order chi connectivity index (χ0) is 17.1. The Morgan fingerprint density at radius 3 is 2.38 bits per heavy atom. The number of hydrogen-bond acceptors (Lipinski definition) is 6. The molecule has 0 saturated carbocycles. The van der Waals surface area contributed by atoms with E-state index in [0.29, 0.717) is 11.8 Å². The Morgan fingerprint density at radius 2 is 1.79 bits per heavy atom. The quantitative estimate of drug-likeness (QED) is 0.618. The fourth-order valence-corrected chi connectivity index (χ4v) is 3.72. The minimum atomic E-state index is -0.402. The van der Waals surface area contributed by atoms with Crippen molar-refractivity contribution in [1.29, 1.82) is 0 Å². The average Bonchev–Trinajstić information content (AvgIpc) is 2.62. The van der Waals surface area contributed by atoms with Crippen LogP contribution in [0.5, 0.6) is 5.75 Å². The van der Waals surface area contributed by atoms with E-state index in [1.54, 1.807) is 6.07 Å². The van der Waals surface area contributed by atoms with Gasteiger partial charge in [0.15, 0.2) is 5.75 Å². The van der Waals surface area contributed by atoms with Gasteiger partial charge in [-0.15, -0.1) is 0 Å². The summed E-state index contributed by atoms with van der Waals surface area (Å²) in [5.41, 5.74) is 1.02. The summed E-state index contributed by atoms with van der Waals surface area (Å²) in [6.45, 7) is 6.37. The summed E-state index contributed by atoms with van der Waals surface area (Å²) >= 11 is 0. The van der Waals surface area contributed by atoms with Crippen molar-refractivity contribution in [2.75, 3.05) is 58.3 Å². The lowest BCUT2D eigenvalue weighted by Crippen LogP contribution is -2.53. The summed E-state index contributed by atoms with van der Waals surface area (Å²) in [6.07, 6.45) is 2.50. The topological polar surface area (TPSA) is 62.1 Å². The van der Waals surface area contributed by atoms with Crippen LogP contribution in [0.3, 0.4) is 0 Å². The van der Waals surface area contributed by atoms with E-state index in [4.69, 9.17) is 4.74 Å². The molecule has 2 aliphatic rings. The SMILES string of the molecule is COc1cc(N2CCN(C3CCN(C)CC3)CC2)ccc1[N+](=O)[O-]. The molecule has 0 radical (unpaired) electrons. The van der Waals surface area contributed by atoms with E-state index < -0.39 is 4.92 Å². The first kappa shape index (κ1) is 17.0. The summed E-state index contributed by atoms with van der Waals surface area (Å²) < 4.78 is 5.18. The Hall–Kier alpha value is -1.86. The third kappa shape index (κ3) is 3.62. The number of benzene rings is 1. The van der Waals surface area contributed by atoms with E-state index >= 15 is 0 Å². The first-order chi connectivity index (χ1) is 11.6. The minimum absolute atomic E-state index is 0.0196. The van der Waals surface area contributed by atoms with Crippen LogP contribution in [0.15, 0.2) is 18.2 Å². The number of nitro groups is 1. The number of piperazine rings is 1. The van der Waals surface area contributed by atoms with E-state index in [1.807, 2.05) is 6.07 Å². The molecule has 0 amide bonds. The fraction of sp³-hybridized carbons (Fsp3) is 0.647. The maximum atomic E-state index is 11.0. The predicted octanol–water partition coefficient (Wildman–Crippen LogP) is 1.82. The summed E-state index contributed by atoms with van der Waals surface area (Å²) in [7, 11) is 3.67. The molecule has 2 fully saturated rings. The van der Waals surface area contributed by atoms with Crippen LogP contribution in [0.2, 0.25) is 0 Å². The molecular formula is C17H26N4O3. The molecule has 132 valence electrons. The maximum absolute atomic E-state index is 11.0. The largest absolute Gasteiger partial charge is 0.490 e. The number of nitrogens with zero attached hydrogens (tertiary/aromatic N) is 4. The van der Waals surface area contributed by atoms with Gasteiger partial charge in [0.2, 0.25) is 0 Å². The highest BCUT2D eigenvalue weighted by atomic mass is 16.6. The van der Waals surface area contributed by atoms with E-state index in [-0.39, 0.29) is 5.69 Å². The van der Waals surface area contributed by atoms with Gasteiger partial charge in [-0.05, 0) is 39.0 Å². The van der Waals surface area contributed by atoms with Crippen molar-refractivity contribution in [2.45, 2.75) is 18.9 Å².